The van der Waals surface area contributed by atoms with Crippen molar-refractivity contribution in [1.82, 2.24) is 15.0 Å². The lowest BCUT2D eigenvalue weighted by Crippen LogP contribution is -2.00. The lowest BCUT2D eigenvalue weighted by Gasteiger charge is -2.08. The molecule has 0 aliphatic heterocycles. The summed E-state index contributed by atoms with van der Waals surface area (Å²) in [6.07, 6.45) is 0. The van der Waals surface area contributed by atoms with Gasteiger partial charge in [0.15, 0.2) is 17.5 Å². The van der Waals surface area contributed by atoms with Crippen LogP contribution in [0.3, 0.4) is 0 Å². The van der Waals surface area contributed by atoms with Crippen molar-refractivity contribution in [3.05, 3.63) is 115 Å². The molecule has 0 N–H and O–H groups in total. The molecule has 3 aromatic heterocycles. The average molecular weight is 506 g/mol. The van der Waals surface area contributed by atoms with E-state index in [-0.39, 0.29) is 0 Å². The molecule has 0 aliphatic rings. The van der Waals surface area contributed by atoms with Crippen LogP contribution in [0.2, 0.25) is 0 Å². The number of aromatic nitrogens is 3. The number of hydrogen-bond acceptors (Lipinski definition) is 5. The zero-order valence-electron chi connectivity index (χ0n) is 20.1. The molecule has 5 heteroatoms. The fourth-order valence-corrected chi connectivity index (χ4v) is 6.22. The van der Waals surface area contributed by atoms with E-state index < -0.39 is 0 Å². The van der Waals surface area contributed by atoms with Crippen molar-refractivity contribution >= 4 is 53.4 Å². The summed E-state index contributed by atoms with van der Waals surface area (Å²) in [4.78, 5) is 14.6. The van der Waals surface area contributed by atoms with Gasteiger partial charge in [0, 0.05) is 47.6 Å². The Morgan fingerprint density at radius 3 is 1.82 bits per heavy atom. The number of rotatable bonds is 3. The van der Waals surface area contributed by atoms with Crippen LogP contribution < -0.4 is 0 Å². The van der Waals surface area contributed by atoms with Crippen LogP contribution in [-0.4, -0.2) is 15.0 Å². The van der Waals surface area contributed by atoms with E-state index in [4.69, 9.17) is 19.4 Å². The fourth-order valence-electron chi connectivity index (χ4n) is 5.12. The van der Waals surface area contributed by atoms with Crippen LogP contribution in [0.25, 0.3) is 76.3 Å². The monoisotopic (exact) mass is 505 g/mol. The second kappa shape index (κ2) is 8.33. The minimum atomic E-state index is 0.635. The quantitative estimate of drug-likeness (QED) is 0.240. The molecule has 0 fully saturated rings. The highest BCUT2D eigenvalue weighted by atomic mass is 32.1. The molecule has 0 bridgehead atoms. The van der Waals surface area contributed by atoms with Gasteiger partial charge < -0.3 is 4.42 Å². The maximum absolute atomic E-state index is 6.46. The summed E-state index contributed by atoms with van der Waals surface area (Å²) in [6.45, 7) is 0. The Bertz CT molecular complexity index is 2070. The predicted octanol–water partition coefficient (Wildman–Crippen LogP) is 9.14. The number of thiophene rings is 1. The largest absolute Gasteiger partial charge is 0.455 e. The van der Waals surface area contributed by atoms with Gasteiger partial charge >= 0.3 is 0 Å². The lowest BCUT2D eigenvalue weighted by atomic mass is 10.1. The van der Waals surface area contributed by atoms with Crippen LogP contribution in [-0.2, 0) is 0 Å². The number of furan rings is 1. The van der Waals surface area contributed by atoms with Crippen LogP contribution >= 0.6 is 11.3 Å². The van der Waals surface area contributed by atoms with E-state index in [0.29, 0.717) is 17.5 Å². The standard InChI is InChI=1S/C33H19N3OS/c1-3-9-20(10-4-1)31-34-32(21-11-5-2-6-12-21)36-33(35-31)22-15-17-26-25(19-22)23-16-18-28-29(30(23)37-26)24-13-7-8-14-27(24)38-28/h1-19H. The molecule has 0 saturated carbocycles. The number of nitrogens with zero attached hydrogens (tertiary/aromatic N) is 3. The average Bonchev–Trinajstić information content (AvgIpc) is 3.55. The van der Waals surface area contributed by atoms with Crippen molar-refractivity contribution in [2.75, 3.05) is 0 Å². The lowest BCUT2D eigenvalue weighted by molar-refractivity contribution is 0.673. The van der Waals surface area contributed by atoms with Gasteiger partial charge in [0.2, 0.25) is 0 Å². The fraction of sp³-hybridized carbons (Fsp3) is 0. The van der Waals surface area contributed by atoms with Crippen molar-refractivity contribution in [3.63, 3.8) is 0 Å². The van der Waals surface area contributed by atoms with Crippen LogP contribution in [0.4, 0.5) is 0 Å². The summed E-state index contributed by atoms with van der Waals surface area (Å²) >= 11 is 1.80. The Morgan fingerprint density at radius 1 is 0.474 bits per heavy atom. The molecule has 0 atom stereocenters. The normalized spacial score (nSPS) is 11.7. The van der Waals surface area contributed by atoms with Crippen molar-refractivity contribution in [1.29, 1.82) is 0 Å². The van der Waals surface area contributed by atoms with Crippen molar-refractivity contribution < 1.29 is 4.42 Å². The predicted molar refractivity (Wildman–Crippen MR) is 156 cm³/mol. The summed E-state index contributed by atoms with van der Waals surface area (Å²) < 4.78 is 8.96. The van der Waals surface area contributed by atoms with Gasteiger partial charge in [0.1, 0.15) is 11.2 Å². The third-order valence-electron chi connectivity index (χ3n) is 6.94. The van der Waals surface area contributed by atoms with Gasteiger partial charge in [-0.1, -0.05) is 78.9 Å². The molecular formula is C33H19N3OS. The van der Waals surface area contributed by atoms with Crippen LogP contribution in [0.5, 0.6) is 0 Å². The zero-order valence-corrected chi connectivity index (χ0v) is 20.9. The molecular weight excluding hydrogens is 486 g/mol. The minimum absolute atomic E-state index is 0.635. The molecule has 8 rings (SSSR count). The Balaban J connectivity index is 1.36. The second-order valence-corrected chi connectivity index (χ2v) is 10.3. The zero-order chi connectivity index (χ0) is 25.1. The Kier molecular flexibility index (Phi) is 4.66. The summed E-state index contributed by atoms with van der Waals surface area (Å²) in [5.74, 6) is 1.94. The third-order valence-corrected chi connectivity index (χ3v) is 8.07. The maximum Gasteiger partial charge on any atom is 0.164 e. The first-order chi connectivity index (χ1) is 18.8. The topological polar surface area (TPSA) is 51.8 Å². The molecule has 3 heterocycles. The molecule has 0 unspecified atom stereocenters. The van der Waals surface area contributed by atoms with Crippen molar-refractivity contribution in [2.45, 2.75) is 0 Å². The van der Waals surface area contributed by atoms with Crippen molar-refractivity contribution in [3.8, 4) is 34.2 Å². The smallest absolute Gasteiger partial charge is 0.164 e. The highest BCUT2D eigenvalue weighted by Gasteiger charge is 2.17. The Hall–Kier alpha value is -4.87. The molecule has 4 nitrogen and oxygen atoms in total. The second-order valence-electron chi connectivity index (χ2n) is 9.26. The summed E-state index contributed by atoms with van der Waals surface area (Å²) in [7, 11) is 0. The Labute approximate surface area is 221 Å². The first-order valence-corrected chi connectivity index (χ1v) is 13.3. The number of hydrogen-bond donors (Lipinski definition) is 0. The minimum Gasteiger partial charge on any atom is -0.455 e. The van der Waals surface area contributed by atoms with E-state index in [1.165, 1.54) is 20.2 Å². The van der Waals surface area contributed by atoms with E-state index in [1.807, 2.05) is 72.8 Å². The van der Waals surface area contributed by atoms with E-state index in [0.717, 1.165) is 38.6 Å². The van der Waals surface area contributed by atoms with Crippen molar-refractivity contribution in [2.24, 2.45) is 0 Å². The van der Waals surface area contributed by atoms with Gasteiger partial charge in [-0.2, -0.15) is 0 Å². The SMILES string of the molecule is c1ccc(-c2nc(-c3ccccc3)nc(-c3ccc4oc5c(ccc6sc7ccccc7c65)c4c3)n2)cc1. The first-order valence-electron chi connectivity index (χ1n) is 12.5. The highest BCUT2D eigenvalue weighted by Crippen LogP contribution is 2.42. The van der Waals surface area contributed by atoms with E-state index in [2.05, 4.69) is 42.5 Å². The third kappa shape index (κ3) is 3.33. The van der Waals surface area contributed by atoms with Gasteiger partial charge in [-0.3, -0.25) is 0 Å². The number of benzene rings is 5. The molecule has 0 saturated heterocycles. The molecule has 178 valence electrons. The highest BCUT2D eigenvalue weighted by molar-refractivity contribution is 7.26. The maximum atomic E-state index is 6.46. The molecule has 0 spiro atoms. The summed E-state index contributed by atoms with van der Waals surface area (Å²) in [5, 5.41) is 4.56. The van der Waals surface area contributed by atoms with Crippen LogP contribution in [0.1, 0.15) is 0 Å². The number of fused-ring (bicyclic) bond motifs is 7. The van der Waals surface area contributed by atoms with Gasteiger partial charge in [0.25, 0.3) is 0 Å². The first kappa shape index (κ1) is 21.2. The van der Waals surface area contributed by atoms with Gasteiger partial charge in [-0.15, -0.1) is 11.3 Å². The molecule has 8 aromatic rings. The van der Waals surface area contributed by atoms with E-state index >= 15 is 0 Å². The molecule has 0 radical (unpaired) electrons. The van der Waals surface area contributed by atoms with E-state index in [9.17, 15) is 0 Å². The summed E-state index contributed by atoms with van der Waals surface area (Å²) in [5.41, 5.74) is 4.61. The summed E-state index contributed by atoms with van der Waals surface area (Å²) in [6, 6.07) is 39.2. The molecule has 38 heavy (non-hydrogen) atoms. The molecule has 0 aliphatic carbocycles. The molecule has 0 amide bonds. The van der Waals surface area contributed by atoms with Crippen LogP contribution in [0.15, 0.2) is 120 Å². The molecule has 5 aromatic carbocycles. The van der Waals surface area contributed by atoms with E-state index in [1.54, 1.807) is 11.3 Å². The van der Waals surface area contributed by atoms with Gasteiger partial charge in [-0.05, 0) is 36.4 Å². The Morgan fingerprint density at radius 2 is 1.11 bits per heavy atom. The van der Waals surface area contributed by atoms with Gasteiger partial charge in [0.05, 0.1) is 0 Å². The van der Waals surface area contributed by atoms with Gasteiger partial charge in [-0.25, -0.2) is 15.0 Å². The van der Waals surface area contributed by atoms with Crippen LogP contribution in [0, 0.1) is 0 Å².